The van der Waals surface area contributed by atoms with Gasteiger partial charge >= 0.3 is 0 Å². The summed E-state index contributed by atoms with van der Waals surface area (Å²) in [4.78, 5) is 10.8. The fourth-order valence-corrected chi connectivity index (χ4v) is 2.11. The number of aromatic nitrogens is 2. The molecule has 0 amide bonds. The second-order valence-corrected chi connectivity index (χ2v) is 4.73. The Balaban J connectivity index is 2.21. The summed E-state index contributed by atoms with van der Waals surface area (Å²) in [5, 5.41) is 12.9. The molecule has 0 saturated carbocycles. The lowest BCUT2D eigenvalue weighted by Gasteiger charge is -2.35. The molecule has 5 heteroatoms. The average molecular weight is 236 g/mol. The van der Waals surface area contributed by atoms with Gasteiger partial charge in [-0.15, -0.1) is 0 Å². The average Bonchev–Trinajstić information content (AvgIpc) is 2.33. The van der Waals surface area contributed by atoms with Gasteiger partial charge in [0.25, 0.3) is 0 Å². The van der Waals surface area contributed by atoms with Gasteiger partial charge in [0.2, 0.25) is 5.95 Å². The maximum Gasteiger partial charge on any atom is 0.224 e. The van der Waals surface area contributed by atoms with E-state index in [0.29, 0.717) is 18.4 Å². The van der Waals surface area contributed by atoms with Crippen molar-refractivity contribution in [2.24, 2.45) is 5.92 Å². The predicted octanol–water partition coefficient (Wildman–Crippen LogP) is 1.03. The number of aryl methyl sites for hydroxylation is 1. The molecule has 0 spiro atoms. The van der Waals surface area contributed by atoms with Crippen LogP contribution in [0.3, 0.4) is 0 Å². The Morgan fingerprint density at radius 1 is 1.53 bits per heavy atom. The minimum absolute atomic E-state index is 0.267. The number of aliphatic hydroxyl groups excluding tert-OH is 1. The van der Waals surface area contributed by atoms with Crippen molar-refractivity contribution in [3.05, 3.63) is 11.8 Å². The fourth-order valence-electron chi connectivity index (χ4n) is 2.11. The van der Waals surface area contributed by atoms with Gasteiger partial charge < -0.3 is 15.3 Å². The molecule has 2 heterocycles. The molecular weight excluding hydrogens is 216 g/mol. The molecule has 17 heavy (non-hydrogen) atoms. The van der Waals surface area contributed by atoms with Crippen LogP contribution in [-0.4, -0.2) is 41.3 Å². The maximum absolute atomic E-state index is 9.93. The summed E-state index contributed by atoms with van der Waals surface area (Å²) < 4.78 is 0. The molecular formula is C12H20N4O. The van der Waals surface area contributed by atoms with Crippen LogP contribution in [0.5, 0.6) is 0 Å². The number of hydrogen-bond acceptors (Lipinski definition) is 5. The number of nitrogens with zero attached hydrogens (tertiary/aromatic N) is 3. The second kappa shape index (κ2) is 4.87. The van der Waals surface area contributed by atoms with Crippen molar-refractivity contribution in [3.8, 4) is 0 Å². The molecule has 1 aliphatic heterocycles. The molecule has 1 aromatic heterocycles. The standard InChI is InChI=1S/C12H20N4O/c1-8-4-5-16(7-10(8)17)11-9(2)6-14-12(13-3)15-11/h6,8,10,17H,4-5,7H2,1-3H3,(H,13,14,15). The highest BCUT2D eigenvalue weighted by Gasteiger charge is 2.26. The third-order valence-corrected chi connectivity index (χ3v) is 3.39. The van der Waals surface area contributed by atoms with E-state index in [-0.39, 0.29) is 6.10 Å². The molecule has 2 rings (SSSR count). The Morgan fingerprint density at radius 3 is 2.94 bits per heavy atom. The van der Waals surface area contributed by atoms with Gasteiger partial charge in [-0.25, -0.2) is 4.98 Å². The molecule has 2 atom stereocenters. The predicted molar refractivity (Wildman–Crippen MR) is 68.3 cm³/mol. The Hall–Kier alpha value is -1.36. The Labute approximate surface area is 102 Å². The van der Waals surface area contributed by atoms with Crippen LogP contribution in [0.4, 0.5) is 11.8 Å². The number of β-amino-alcohol motifs (C(OH)–C–C–N with tert-alkyl or cyclic N) is 1. The maximum atomic E-state index is 9.93. The van der Waals surface area contributed by atoms with Gasteiger partial charge in [-0.3, -0.25) is 0 Å². The lowest BCUT2D eigenvalue weighted by atomic mass is 9.96. The molecule has 94 valence electrons. The van der Waals surface area contributed by atoms with Crippen LogP contribution >= 0.6 is 0 Å². The highest BCUT2D eigenvalue weighted by Crippen LogP contribution is 2.24. The van der Waals surface area contributed by atoms with Gasteiger partial charge in [0.05, 0.1) is 6.10 Å². The van der Waals surface area contributed by atoms with E-state index in [0.717, 1.165) is 24.3 Å². The van der Waals surface area contributed by atoms with E-state index >= 15 is 0 Å². The summed E-state index contributed by atoms with van der Waals surface area (Å²) in [6.45, 7) is 5.69. The number of aliphatic hydroxyl groups is 1. The molecule has 0 aromatic carbocycles. The molecule has 2 unspecified atom stereocenters. The quantitative estimate of drug-likeness (QED) is 0.803. The van der Waals surface area contributed by atoms with Crippen LogP contribution in [0.25, 0.3) is 0 Å². The Kier molecular flexibility index (Phi) is 3.47. The van der Waals surface area contributed by atoms with Crippen LogP contribution in [0.15, 0.2) is 6.20 Å². The molecule has 1 aromatic rings. The molecule has 1 saturated heterocycles. The van der Waals surface area contributed by atoms with Crippen LogP contribution in [0.2, 0.25) is 0 Å². The zero-order valence-electron chi connectivity index (χ0n) is 10.6. The SMILES string of the molecule is CNc1ncc(C)c(N2CCC(C)C(O)C2)n1. The molecule has 0 aliphatic carbocycles. The number of anilines is 2. The monoisotopic (exact) mass is 236 g/mol. The summed E-state index contributed by atoms with van der Waals surface area (Å²) in [7, 11) is 1.81. The fraction of sp³-hybridized carbons (Fsp3) is 0.667. The van der Waals surface area contributed by atoms with Gasteiger partial charge in [-0.1, -0.05) is 6.92 Å². The van der Waals surface area contributed by atoms with Gasteiger partial charge in [0, 0.05) is 31.9 Å². The first kappa shape index (κ1) is 12.1. The zero-order chi connectivity index (χ0) is 12.4. The van der Waals surface area contributed by atoms with E-state index in [1.165, 1.54) is 0 Å². The molecule has 0 radical (unpaired) electrons. The van der Waals surface area contributed by atoms with Crippen molar-refractivity contribution < 1.29 is 5.11 Å². The largest absolute Gasteiger partial charge is 0.391 e. The van der Waals surface area contributed by atoms with Crippen molar-refractivity contribution in [2.75, 3.05) is 30.4 Å². The highest BCUT2D eigenvalue weighted by molar-refractivity contribution is 5.49. The van der Waals surface area contributed by atoms with Crippen molar-refractivity contribution >= 4 is 11.8 Å². The van der Waals surface area contributed by atoms with Crippen LogP contribution in [0, 0.1) is 12.8 Å². The van der Waals surface area contributed by atoms with Gasteiger partial charge in [0.15, 0.2) is 0 Å². The number of rotatable bonds is 2. The van der Waals surface area contributed by atoms with E-state index < -0.39 is 0 Å². The van der Waals surface area contributed by atoms with Crippen molar-refractivity contribution in [1.29, 1.82) is 0 Å². The Morgan fingerprint density at radius 2 is 2.29 bits per heavy atom. The smallest absolute Gasteiger partial charge is 0.224 e. The van der Waals surface area contributed by atoms with E-state index in [9.17, 15) is 5.11 Å². The summed E-state index contributed by atoms with van der Waals surface area (Å²) in [5.74, 6) is 1.92. The van der Waals surface area contributed by atoms with Crippen molar-refractivity contribution in [2.45, 2.75) is 26.4 Å². The van der Waals surface area contributed by atoms with E-state index in [2.05, 4.69) is 27.1 Å². The van der Waals surface area contributed by atoms with Crippen LogP contribution < -0.4 is 10.2 Å². The highest BCUT2D eigenvalue weighted by atomic mass is 16.3. The summed E-state index contributed by atoms with van der Waals surface area (Å²) in [5.41, 5.74) is 1.05. The second-order valence-electron chi connectivity index (χ2n) is 4.73. The summed E-state index contributed by atoms with van der Waals surface area (Å²) in [6.07, 6.45) is 2.55. The minimum Gasteiger partial charge on any atom is -0.391 e. The molecule has 0 bridgehead atoms. The van der Waals surface area contributed by atoms with E-state index in [4.69, 9.17) is 0 Å². The lowest BCUT2D eigenvalue weighted by Crippen LogP contribution is -2.43. The molecule has 5 nitrogen and oxygen atoms in total. The number of hydrogen-bond donors (Lipinski definition) is 2. The van der Waals surface area contributed by atoms with Crippen molar-refractivity contribution in [3.63, 3.8) is 0 Å². The zero-order valence-corrected chi connectivity index (χ0v) is 10.6. The lowest BCUT2D eigenvalue weighted by molar-refractivity contribution is 0.102. The molecule has 1 aliphatic rings. The summed E-state index contributed by atoms with van der Waals surface area (Å²) >= 11 is 0. The first-order chi connectivity index (χ1) is 8.11. The van der Waals surface area contributed by atoms with E-state index in [1.54, 1.807) is 0 Å². The van der Waals surface area contributed by atoms with Crippen LogP contribution in [-0.2, 0) is 0 Å². The molecule has 1 fully saturated rings. The first-order valence-corrected chi connectivity index (χ1v) is 6.06. The minimum atomic E-state index is -0.267. The van der Waals surface area contributed by atoms with Crippen molar-refractivity contribution in [1.82, 2.24) is 9.97 Å². The van der Waals surface area contributed by atoms with Gasteiger partial charge in [-0.2, -0.15) is 4.98 Å². The normalized spacial score (nSPS) is 24.8. The first-order valence-electron chi connectivity index (χ1n) is 6.06. The van der Waals surface area contributed by atoms with Gasteiger partial charge in [-0.05, 0) is 19.3 Å². The van der Waals surface area contributed by atoms with Gasteiger partial charge in [0.1, 0.15) is 5.82 Å². The van der Waals surface area contributed by atoms with Crippen LogP contribution in [0.1, 0.15) is 18.9 Å². The third kappa shape index (κ3) is 2.49. The Bertz CT molecular complexity index is 396. The summed E-state index contributed by atoms with van der Waals surface area (Å²) in [6, 6.07) is 0. The number of piperidine rings is 1. The number of nitrogens with one attached hydrogen (secondary N) is 1. The molecule has 2 N–H and O–H groups in total. The van der Waals surface area contributed by atoms with E-state index in [1.807, 2.05) is 20.2 Å². The topological polar surface area (TPSA) is 61.3 Å². The third-order valence-electron chi connectivity index (χ3n) is 3.39.